The van der Waals surface area contributed by atoms with Crippen LogP contribution in [0.3, 0.4) is 0 Å². The van der Waals surface area contributed by atoms with Gasteiger partial charge in [-0.3, -0.25) is 0 Å². The minimum atomic E-state index is -0.689. The lowest BCUT2D eigenvalue weighted by Gasteiger charge is -1.95. The second-order valence-corrected chi connectivity index (χ2v) is 2.30. The number of hydrogen-bond donors (Lipinski definition) is 0. The minimum absolute atomic E-state index is 0.655. The lowest BCUT2D eigenvalue weighted by atomic mass is 10.4. The highest BCUT2D eigenvalue weighted by Gasteiger charge is 2.00. The topological polar surface area (TPSA) is 30.2 Å². The first-order valence-corrected chi connectivity index (χ1v) is 3.25. The van der Waals surface area contributed by atoms with Crippen molar-refractivity contribution in [3.05, 3.63) is 30.1 Å². The Morgan fingerprint density at radius 1 is 1.55 bits per heavy atom. The van der Waals surface area contributed by atoms with Gasteiger partial charge >= 0.3 is 6.08 Å². The van der Waals surface area contributed by atoms with Crippen molar-refractivity contribution < 1.29 is 4.39 Å². The Kier molecular flexibility index (Phi) is 1.15. The van der Waals surface area contributed by atoms with Gasteiger partial charge in [-0.05, 0) is 19.1 Å². The molecule has 0 amide bonds. The van der Waals surface area contributed by atoms with Crippen LogP contribution in [-0.2, 0) is 0 Å². The molecule has 0 aromatic carbocycles. The summed E-state index contributed by atoms with van der Waals surface area (Å²) >= 11 is 0. The summed E-state index contributed by atoms with van der Waals surface area (Å²) in [4.78, 5) is 3.58. The van der Waals surface area contributed by atoms with Crippen molar-refractivity contribution in [2.24, 2.45) is 0 Å². The van der Waals surface area contributed by atoms with Crippen LogP contribution < -0.4 is 0 Å². The second-order valence-electron chi connectivity index (χ2n) is 2.30. The zero-order valence-electron chi connectivity index (χ0n) is 5.95. The van der Waals surface area contributed by atoms with Gasteiger partial charge in [-0.1, -0.05) is 0 Å². The molecular weight excluding hydrogens is 145 g/mol. The largest absolute Gasteiger partial charge is 0.326 e. The summed E-state index contributed by atoms with van der Waals surface area (Å²) in [6.45, 7) is 1.75. The van der Waals surface area contributed by atoms with Crippen molar-refractivity contribution in [1.82, 2.24) is 14.6 Å². The molecule has 0 fully saturated rings. The summed E-state index contributed by atoms with van der Waals surface area (Å²) in [7, 11) is 0. The van der Waals surface area contributed by atoms with E-state index in [2.05, 4.69) is 10.1 Å². The number of rotatable bonds is 0. The van der Waals surface area contributed by atoms with E-state index in [1.54, 1.807) is 19.2 Å². The molecule has 11 heavy (non-hydrogen) atoms. The maximum Gasteiger partial charge on any atom is 0.326 e. The second kappa shape index (κ2) is 2.02. The van der Waals surface area contributed by atoms with Crippen molar-refractivity contribution in [2.45, 2.75) is 6.92 Å². The molecule has 2 heterocycles. The van der Waals surface area contributed by atoms with E-state index >= 15 is 0 Å². The molecule has 3 nitrogen and oxygen atoms in total. The number of hydrogen-bond acceptors (Lipinski definition) is 2. The fourth-order valence-corrected chi connectivity index (χ4v) is 1.05. The van der Waals surface area contributed by atoms with E-state index in [0.717, 1.165) is 5.52 Å². The fraction of sp³-hybridized carbons (Fsp3) is 0.143. The summed E-state index contributed by atoms with van der Waals surface area (Å²) in [6, 6.07) is 3.64. The molecule has 0 aliphatic carbocycles. The highest BCUT2D eigenvalue weighted by Crippen LogP contribution is 2.05. The lowest BCUT2D eigenvalue weighted by molar-refractivity contribution is 0.508. The van der Waals surface area contributed by atoms with Crippen LogP contribution in [0.1, 0.15) is 5.69 Å². The van der Waals surface area contributed by atoms with E-state index in [4.69, 9.17) is 0 Å². The van der Waals surface area contributed by atoms with Crippen molar-refractivity contribution in [2.75, 3.05) is 0 Å². The Labute approximate surface area is 62.5 Å². The average Bonchev–Trinajstić information content (AvgIpc) is 2.34. The molecule has 2 aromatic heterocycles. The molecule has 4 heteroatoms. The van der Waals surface area contributed by atoms with Crippen LogP contribution in [0, 0.1) is 13.0 Å². The Balaban J connectivity index is 2.91. The Hall–Kier alpha value is -1.45. The number of nitrogens with zero attached hydrogens (tertiary/aromatic N) is 3. The normalized spacial score (nSPS) is 10.7. The molecule has 0 N–H and O–H groups in total. The van der Waals surface area contributed by atoms with Crippen molar-refractivity contribution in [3.63, 3.8) is 0 Å². The van der Waals surface area contributed by atoms with Crippen LogP contribution in [0.2, 0.25) is 0 Å². The summed E-state index contributed by atoms with van der Waals surface area (Å²) in [5.41, 5.74) is 1.49. The van der Waals surface area contributed by atoms with Gasteiger partial charge in [0, 0.05) is 6.20 Å². The molecule has 0 atom stereocenters. The molecule has 0 aliphatic heterocycles. The highest BCUT2D eigenvalue weighted by atomic mass is 19.1. The average molecular weight is 151 g/mol. The monoisotopic (exact) mass is 151 g/mol. The van der Waals surface area contributed by atoms with Crippen LogP contribution in [0.15, 0.2) is 18.3 Å². The number of fused-ring (bicyclic) bond motifs is 1. The van der Waals surface area contributed by atoms with Gasteiger partial charge in [-0.2, -0.15) is 4.39 Å². The Bertz CT molecular complexity index is 393. The minimum Gasteiger partial charge on any atom is -0.235 e. The third-order valence-electron chi connectivity index (χ3n) is 1.55. The Morgan fingerprint density at radius 3 is 3.18 bits per heavy atom. The summed E-state index contributed by atoms with van der Waals surface area (Å²) in [6.07, 6.45) is 0.999. The van der Waals surface area contributed by atoms with E-state index in [1.807, 2.05) is 6.07 Å². The van der Waals surface area contributed by atoms with E-state index < -0.39 is 6.08 Å². The molecule has 0 radical (unpaired) electrons. The van der Waals surface area contributed by atoms with Crippen LogP contribution >= 0.6 is 0 Å². The zero-order valence-corrected chi connectivity index (χ0v) is 5.95. The SMILES string of the molecule is Cc1nc(F)nn2cccc12. The Morgan fingerprint density at radius 2 is 2.36 bits per heavy atom. The molecule has 0 aliphatic rings. The fourth-order valence-electron chi connectivity index (χ4n) is 1.05. The predicted octanol–water partition coefficient (Wildman–Crippen LogP) is 1.18. The molecule has 2 aromatic rings. The van der Waals surface area contributed by atoms with Gasteiger partial charge in [-0.15, -0.1) is 5.10 Å². The molecule has 0 saturated heterocycles. The molecule has 0 bridgehead atoms. The molecule has 0 unspecified atom stereocenters. The standard InChI is InChI=1S/C7H6FN3/c1-5-6-3-2-4-11(6)10-7(8)9-5/h2-4H,1H3. The van der Waals surface area contributed by atoms with Gasteiger partial charge < -0.3 is 0 Å². The first-order chi connectivity index (χ1) is 5.27. The van der Waals surface area contributed by atoms with E-state index in [1.165, 1.54) is 4.52 Å². The summed E-state index contributed by atoms with van der Waals surface area (Å²) in [5, 5.41) is 3.54. The van der Waals surface area contributed by atoms with Gasteiger partial charge in [0.1, 0.15) is 0 Å². The van der Waals surface area contributed by atoms with E-state index in [-0.39, 0.29) is 0 Å². The van der Waals surface area contributed by atoms with Crippen LogP contribution in [0.5, 0.6) is 0 Å². The maximum absolute atomic E-state index is 12.5. The van der Waals surface area contributed by atoms with Crippen molar-refractivity contribution in [1.29, 1.82) is 0 Å². The molecule has 2 rings (SSSR count). The summed E-state index contributed by atoms with van der Waals surface area (Å²) in [5.74, 6) is 0. The lowest BCUT2D eigenvalue weighted by Crippen LogP contribution is -1.99. The number of aryl methyl sites for hydroxylation is 1. The van der Waals surface area contributed by atoms with Crippen LogP contribution in [-0.4, -0.2) is 14.6 Å². The first kappa shape index (κ1) is 6.27. The molecule has 0 spiro atoms. The predicted molar refractivity (Wildman–Crippen MR) is 37.7 cm³/mol. The quantitative estimate of drug-likeness (QED) is 0.565. The third-order valence-corrected chi connectivity index (χ3v) is 1.55. The van der Waals surface area contributed by atoms with Gasteiger partial charge in [0.05, 0.1) is 11.2 Å². The zero-order chi connectivity index (χ0) is 7.84. The van der Waals surface area contributed by atoms with Gasteiger partial charge in [0.15, 0.2) is 0 Å². The highest BCUT2D eigenvalue weighted by molar-refractivity contribution is 5.49. The molecule has 0 saturated carbocycles. The molecule has 56 valence electrons. The van der Waals surface area contributed by atoms with Gasteiger partial charge in [0.2, 0.25) is 0 Å². The van der Waals surface area contributed by atoms with Gasteiger partial charge in [0.25, 0.3) is 0 Å². The van der Waals surface area contributed by atoms with E-state index in [9.17, 15) is 4.39 Å². The van der Waals surface area contributed by atoms with Crippen LogP contribution in [0.25, 0.3) is 5.52 Å². The van der Waals surface area contributed by atoms with E-state index in [0.29, 0.717) is 5.69 Å². The van der Waals surface area contributed by atoms with Crippen molar-refractivity contribution in [3.8, 4) is 0 Å². The molecular formula is C7H6FN3. The van der Waals surface area contributed by atoms with Crippen LogP contribution in [0.4, 0.5) is 4.39 Å². The van der Waals surface area contributed by atoms with Crippen molar-refractivity contribution >= 4 is 5.52 Å². The number of aromatic nitrogens is 3. The summed E-state index contributed by atoms with van der Waals surface area (Å²) < 4.78 is 14.0. The van der Waals surface area contributed by atoms with Gasteiger partial charge in [-0.25, -0.2) is 9.50 Å². The maximum atomic E-state index is 12.5. The smallest absolute Gasteiger partial charge is 0.235 e. The first-order valence-electron chi connectivity index (χ1n) is 3.25. The number of halogens is 1. The third kappa shape index (κ3) is 0.869.